The quantitative estimate of drug-likeness (QED) is 0.773. The number of hydrogen-bond donors (Lipinski definition) is 1. The Balaban J connectivity index is 2.89. The van der Waals surface area contributed by atoms with Gasteiger partial charge < -0.3 is 5.11 Å². The van der Waals surface area contributed by atoms with Crippen LogP contribution in [0.5, 0.6) is 0 Å². The minimum atomic E-state index is -0.233. The molecule has 1 N–H and O–H groups in total. The van der Waals surface area contributed by atoms with Gasteiger partial charge in [0.1, 0.15) is 0 Å². The molecule has 0 radical (unpaired) electrons. The fourth-order valence-electron chi connectivity index (χ4n) is 1.11. The van der Waals surface area contributed by atoms with E-state index < -0.39 is 0 Å². The van der Waals surface area contributed by atoms with Gasteiger partial charge in [0.15, 0.2) is 0 Å². The molecule has 0 saturated carbocycles. The van der Waals surface area contributed by atoms with Gasteiger partial charge in [-0.15, -0.1) is 0 Å². The van der Waals surface area contributed by atoms with Crippen molar-refractivity contribution in [3.05, 3.63) is 59.3 Å². The first-order chi connectivity index (χ1) is 7.69. The van der Waals surface area contributed by atoms with Crippen molar-refractivity contribution in [3.8, 4) is 0 Å². The van der Waals surface area contributed by atoms with Crippen LogP contribution in [0.25, 0.3) is 5.70 Å². The van der Waals surface area contributed by atoms with Gasteiger partial charge in [-0.3, -0.25) is 14.3 Å². The molecule has 1 rings (SSSR count). The van der Waals surface area contributed by atoms with Crippen molar-refractivity contribution in [1.82, 2.24) is 9.55 Å². The van der Waals surface area contributed by atoms with E-state index in [-0.39, 0.29) is 12.2 Å². The second-order valence-corrected chi connectivity index (χ2v) is 3.13. The number of allylic oxidation sites excluding steroid dienone is 3. The SMILES string of the molecule is C=C(/C=C\C(=C/C)CO)n1ccncc1=O. The Bertz CT molecular complexity index is 484. The van der Waals surface area contributed by atoms with Gasteiger partial charge in [0.05, 0.1) is 12.8 Å². The molecular formula is C12H14N2O2. The Morgan fingerprint density at radius 2 is 2.38 bits per heavy atom. The van der Waals surface area contributed by atoms with Crippen LogP contribution < -0.4 is 5.56 Å². The standard InChI is InChI=1S/C12H14N2O2/c1-3-11(9-15)5-4-10(2)14-7-6-13-8-12(14)16/h3-8,15H,2,9H2,1H3/b5-4-,11-3+. The number of aliphatic hydroxyl groups is 1. The van der Waals surface area contributed by atoms with Gasteiger partial charge in [-0.1, -0.05) is 18.7 Å². The first-order valence-electron chi connectivity index (χ1n) is 4.85. The summed E-state index contributed by atoms with van der Waals surface area (Å²) in [5, 5.41) is 8.94. The van der Waals surface area contributed by atoms with E-state index in [1.54, 1.807) is 24.4 Å². The van der Waals surface area contributed by atoms with Crippen LogP contribution in [0, 0.1) is 0 Å². The highest BCUT2D eigenvalue weighted by Crippen LogP contribution is 2.02. The average molecular weight is 218 g/mol. The molecule has 0 unspecified atom stereocenters. The summed E-state index contributed by atoms with van der Waals surface area (Å²) in [7, 11) is 0. The summed E-state index contributed by atoms with van der Waals surface area (Å²) in [5.74, 6) is 0. The normalized spacial score (nSPS) is 12.0. The lowest BCUT2D eigenvalue weighted by molar-refractivity contribution is 0.335. The Morgan fingerprint density at radius 3 is 2.94 bits per heavy atom. The third-order valence-corrected chi connectivity index (χ3v) is 2.08. The molecule has 1 heterocycles. The fourth-order valence-corrected chi connectivity index (χ4v) is 1.11. The second-order valence-electron chi connectivity index (χ2n) is 3.13. The lowest BCUT2D eigenvalue weighted by Gasteiger charge is -2.03. The Morgan fingerprint density at radius 1 is 1.62 bits per heavy atom. The number of nitrogens with zero attached hydrogens (tertiary/aromatic N) is 2. The van der Waals surface area contributed by atoms with Gasteiger partial charge in [0, 0.05) is 18.1 Å². The molecule has 16 heavy (non-hydrogen) atoms. The minimum Gasteiger partial charge on any atom is -0.392 e. The van der Waals surface area contributed by atoms with Crippen molar-refractivity contribution < 1.29 is 5.11 Å². The van der Waals surface area contributed by atoms with Crippen molar-refractivity contribution in [2.75, 3.05) is 6.61 Å². The third-order valence-electron chi connectivity index (χ3n) is 2.08. The fraction of sp³-hybridized carbons (Fsp3) is 0.167. The maximum absolute atomic E-state index is 11.4. The van der Waals surface area contributed by atoms with Gasteiger partial charge >= 0.3 is 0 Å². The molecule has 4 nitrogen and oxygen atoms in total. The van der Waals surface area contributed by atoms with Crippen LogP contribution in [0.3, 0.4) is 0 Å². The van der Waals surface area contributed by atoms with Crippen LogP contribution in [0.15, 0.2) is 53.8 Å². The summed E-state index contributed by atoms with van der Waals surface area (Å²) in [6, 6.07) is 0. The predicted molar refractivity (Wildman–Crippen MR) is 63.8 cm³/mol. The van der Waals surface area contributed by atoms with Crippen LogP contribution in [0.2, 0.25) is 0 Å². The molecule has 0 saturated heterocycles. The largest absolute Gasteiger partial charge is 0.392 e. The van der Waals surface area contributed by atoms with Gasteiger partial charge in [-0.25, -0.2) is 0 Å². The highest BCUT2D eigenvalue weighted by molar-refractivity contribution is 5.55. The number of aromatic nitrogens is 2. The van der Waals surface area contributed by atoms with Gasteiger partial charge in [0.2, 0.25) is 0 Å². The van der Waals surface area contributed by atoms with E-state index in [9.17, 15) is 4.79 Å². The molecule has 0 aliphatic rings. The van der Waals surface area contributed by atoms with Gasteiger partial charge in [0.25, 0.3) is 5.56 Å². The smallest absolute Gasteiger partial charge is 0.273 e. The molecule has 4 heteroatoms. The molecule has 0 fully saturated rings. The van der Waals surface area contributed by atoms with Crippen LogP contribution in [-0.2, 0) is 0 Å². The van der Waals surface area contributed by atoms with E-state index in [1.165, 1.54) is 17.0 Å². The lowest BCUT2D eigenvalue weighted by atomic mass is 10.2. The number of rotatable bonds is 4. The van der Waals surface area contributed by atoms with E-state index in [0.29, 0.717) is 5.70 Å². The van der Waals surface area contributed by atoms with Crippen LogP contribution in [-0.4, -0.2) is 21.3 Å². The van der Waals surface area contributed by atoms with Crippen molar-refractivity contribution in [2.24, 2.45) is 0 Å². The molecule has 0 amide bonds. The van der Waals surface area contributed by atoms with E-state index in [0.717, 1.165) is 5.57 Å². The van der Waals surface area contributed by atoms with Crippen LogP contribution >= 0.6 is 0 Å². The molecule has 1 aromatic rings. The zero-order valence-electron chi connectivity index (χ0n) is 9.13. The summed E-state index contributed by atoms with van der Waals surface area (Å²) >= 11 is 0. The van der Waals surface area contributed by atoms with E-state index in [2.05, 4.69) is 11.6 Å². The Kier molecular flexibility index (Phi) is 4.42. The van der Waals surface area contributed by atoms with Crippen molar-refractivity contribution in [1.29, 1.82) is 0 Å². The summed E-state index contributed by atoms with van der Waals surface area (Å²) in [5.41, 5.74) is 1.06. The van der Waals surface area contributed by atoms with Gasteiger partial charge in [-0.05, 0) is 18.6 Å². The molecule has 0 spiro atoms. The predicted octanol–water partition coefficient (Wildman–Crippen LogP) is 1.21. The maximum atomic E-state index is 11.4. The Labute approximate surface area is 93.9 Å². The number of hydrogen-bond acceptors (Lipinski definition) is 3. The summed E-state index contributed by atoms with van der Waals surface area (Å²) in [4.78, 5) is 15.1. The number of aliphatic hydroxyl groups excluding tert-OH is 1. The molecule has 0 atom stereocenters. The van der Waals surface area contributed by atoms with E-state index in [4.69, 9.17) is 5.11 Å². The molecule has 0 aromatic carbocycles. The average Bonchev–Trinajstić information content (AvgIpc) is 2.30. The zero-order chi connectivity index (χ0) is 12.0. The minimum absolute atomic E-state index is 0.0362. The Hall–Kier alpha value is -1.94. The first kappa shape index (κ1) is 12.1. The highest BCUT2D eigenvalue weighted by atomic mass is 16.3. The second kappa shape index (κ2) is 5.82. The van der Waals surface area contributed by atoms with Gasteiger partial charge in [-0.2, -0.15) is 0 Å². The summed E-state index contributed by atoms with van der Waals surface area (Å²) in [6.45, 7) is 5.56. The van der Waals surface area contributed by atoms with Crippen molar-refractivity contribution in [3.63, 3.8) is 0 Å². The highest BCUT2D eigenvalue weighted by Gasteiger charge is 1.95. The maximum Gasteiger partial charge on any atom is 0.273 e. The summed E-state index contributed by atoms with van der Waals surface area (Å²) < 4.78 is 1.38. The molecule has 0 aliphatic carbocycles. The van der Waals surface area contributed by atoms with Crippen LogP contribution in [0.4, 0.5) is 0 Å². The van der Waals surface area contributed by atoms with Crippen molar-refractivity contribution in [2.45, 2.75) is 6.92 Å². The van der Waals surface area contributed by atoms with Crippen LogP contribution in [0.1, 0.15) is 6.92 Å². The third kappa shape index (κ3) is 3.03. The molecule has 1 aromatic heterocycles. The lowest BCUT2D eigenvalue weighted by Crippen LogP contribution is -2.16. The van der Waals surface area contributed by atoms with Crippen molar-refractivity contribution >= 4 is 5.70 Å². The first-order valence-corrected chi connectivity index (χ1v) is 4.85. The summed E-state index contributed by atoms with van der Waals surface area (Å²) in [6.07, 6.45) is 9.47. The molecule has 0 aliphatic heterocycles. The molecular weight excluding hydrogens is 204 g/mol. The molecule has 0 bridgehead atoms. The van der Waals surface area contributed by atoms with E-state index in [1.807, 2.05) is 6.92 Å². The van der Waals surface area contributed by atoms with E-state index >= 15 is 0 Å². The topological polar surface area (TPSA) is 55.1 Å². The monoisotopic (exact) mass is 218 g/mol. The zero-order valence-corrected chi connectivity index (χ0v) is 9.13. The molecule has 84 valence electrons.